The molecule has 0 spiro atoms. The zero-order valence-electron chi connectivity index (χ0n) is 11.1. The molecule has 5 nitrogen and oxygen atoms in total. The molecule has 1 aromatic rings. The minimum atomic E-state index is -3.94. The Morgan fingerprint density at radius 2 is 2.10 bits per heavy atom. The van der Waals surface area contributed by atoms with Gasteiger partial charge in [0.1, 0.15) is 4.90 Å². The van der Waals surface area contributed by atoms with Crippen LogP contribution in [0.4, 0.5) is 0 Å². The monoisotopic (exact) mass is 383 g/mol. The van der Waals surface area contributed by atoms with Crippen LogP contribution in [0.2, 0.25) is 0 Å². The van der Waals surface area contributed by atoms with Crippen molar-refractivity contribution in [2.24, 2.45) is 5.92 Å². The first kappa shape index (κ1) is 15.9. The highest BCUT2D eigenvalue weighted by Gasteiger charge is 2.31. The number of hydrogen-bond donors (Lipinski definition) is 0. The quantitative estimate of drug-likeness (QED) is 0.734. The van der Waals surface area contributed by atoms with Crippen LogP contribution in [-0.4, -0.2) is 31.8 Å². The molecule has 0 radical (unpaired) electrons. The first-order valence-electron chi connectivity index (χ1n) is 6.25. The molecule has 20 heavy (non-hydrogen) atoms. The Morgan fingerprint density at radius 3 is 2.65 bits per heavy atom. The maximum Gasteiger partial charge on any atom is 0.289 e. The van der Waals surface area contributed by atoms with Crippen LogP contribution in [0.3, 0.4) is 0 Å². The minimum Gasteiger partial charge on any atom is -0.443 e. The van der Waals surface area contributed by atoms with E-state index in [2.05, 4.69) is 22.9 Å². The molecular weight excluding hydrogens is 370 g/mol. The SMILES string of the molecule is CC1CCC(C)N(C(=O)c2cc(S(=O)(=O)Cl)c(Br)o2)C1. The lowest BCUT2D eigenvalue weighted by Crippen LogP contribution is -2.44. The summed E-state index contributed by atoms with van der Waals surface area (Å²) in [5.41, 5.74) is 0. The molecule has 1 aliphatic heterocycles. The summed E-state index contributed by atoms with van der Waals surface area (Å²) >= 11 is 2.97. The van der Waals surface area contributed by atoms with E-state index in [1.165, 1.54) is 6.07 Å². The number of amides is 1. The smallest absolute Gasteiger partial charge is 0.289 e. The van der Waals surface area contributed by atoms with E-state index in [1.54, 1.807) is 4.90 Å². The Hall–Kier alpha value is -0.530. The van der Waals surface area contributed by atoms with Gasteiger partial charge in [-0.3, -0.25) is 4.79 Å². The molecule has 1 aliphatic rings. The number of furan rings is 1. The summed E-state index contributed by atoms with van der Waals surface area (Å²) in [4.78, 5) is 13.9. The van der Waals surface area contributed by atoms with Crippen molar-refractivity contribution in [3.8, 4) is 0 Å². The van der Waals surface area contributed by atoms with E-state index in [1.807, 2.05) is 6.92 Å². The van der Waals surface area contributed by atoms with Gasteiger partial charge < -0.3 is 9.32 Å². The van der Waals surface area contributed by atoms with Gasteiger partial charge in [-0.2, -0.15) is 0 Å². The molecule has 8 heteroatoms. The van der Waals surface area contributed by atoms with E-state index < -0.39 is 9.05 Å². The van der Waals surface area contributed by atoms with Gasteiger partial charge in [0, 0.05) is 29.3 Å². The lowest BCUT2D eigenvalue weighted by atomic mass is 9.95. The number of hydrogen-bond acceptors (Lipinski definition) is 4. The number of carbonyl (C=O) groups excluding carboxylic acids is 1. The first-order valence-corrected chi connectivity index (χ1v) is 9.35. The van der Waals surface area contributed by atoms with Crippen molar-refractivity contribution in [1.82, 2.24) is 4.90 Å². The third-order valence-corrected chi connectivity index (χ3v) is 5.69. The Balaban J connectivity index is 2.30. The predicted octanol–water partition coefficient (Wildman–Crippen LogP) is 3.23. The third-order valence-electron chi connectivity index (χ3n) is 3.51. The summed E-state index contributed by atoms with van der Waals surface area (Å²) < 4.78 is 27.8. The van der Waals surface area contributed by atoms with Gasteiger partial charge in [0.05, 0.1) is 0 Å². The van der Waals surface area contributed by atoms with Crippen molar-refractivity contribution in [2.45, 2.75) is 37.6 Å². The lowest BCUT2D eigenvalue weighted by Gasteiger charge is -2.36. The van der Waals surface area contributed by atoms with Crippen LogP contribution >= 0.6 is 26.6 Å². The molecule has 2 atom stereocenters. The van der Waals surface area contributed by atoms with Gasteiger partial charge in [-0.25, -0.2) is 8.42 Å². The number of piperidine rings is 1. The number of rotatable bonds is 2. The number of nitrogens with zero attached hydrogens (tertiary/aromatic N) is 1. The van der Waals surface area contributed by atoms with Gasteiger partial charge in [0.2, 0.25) is 0 Å². The number of halogens is 2. The Morgan fingerprint density at radius 1 is 1.45 bits per heavy atom. The van der Waals surface area contributed by atoms with Crippen LogP contribution < -0.4 is 0 Å². The maximum absolute atomic E-state index is 12.4. The lowest BCUT2D eigenvalue weighted by molar-refractivity contribution is 0.0540. The highest BCUT2D eigenvalue weighted by molar-refractivity contribution is 9.10. The fourth-order valence-electron chi connectivity index (χ4n) is 2.34. The first-order chi connectivity index (χ1) is 9.20. The molecule has 1 amide bonds. The standard InChI is InChI=1S/C12H15BrClNO4S/c1-7-3-4-8(2)15(6-7)12(16)9-5-10(11(13)19-9)20(14,17)18/h5,7-8H,3-4,6H2,1-2H3. The van der Waals surface area contributed by atoms with Crippen molar-refractivity contribution in [3.63, 3.8) is 0 Å². The molecular formula is C12H15BrClNO4S. The molecule has 0 aromatic carbocycles. The highest BCUT2D eigenvalue weighted by Crippen LogP contribution is 2.31. The molecule has 2 heterocycles. The molecule has 1 fully saturated rings. The molecule has 0 saturated carbocycles. The third kappa shape index (κ3) is 3.20. The molecule has 0 N–H and O–H groups in total. The average Bonchev–Trinajstić information content (AvgIpc) is 2.73. The normalized spacial score (nSPS) is 23.9. The van der Waals surface area contributed by atoms with Gasteiger partial charge in [-0.1, -0.05) is 6.92 Å². The second kappa shape index (κ2) is 5.69. The van der Waals surface area contributed by atoms with Crippen molar-refractivity contribution in [2.75, 3.05) is 6.54 Å². The molecule has 0 bridgehead atoms. The van der Waals surface area contributed by atoms with E-state index in [-0.39, 0.29) is 27.3 Å². The fraction of sp³-hybridized carbons (Fsp3) is 0.583. The molecule has 2 unspecified atom stereocenters. The van der Waals surface area contributed by atoms with Crippen LogP contribution in [0.5, 0.6) is 0 Å². The van der Waals surface area contributed by atoms with Crippen LogP contribution in [0.15, 0.2) is 20.0 Å². The molecule has 1 saturated heterocycles. The van der Waals surface area contributed by atoms with Crippen LogP contribution in [0.1, 0.15) is 37.2 Å². The van der Waals surface area contributed by atoms with Gasteiger partial charge in [-0.05, 0) is 41.6 Å². The average molecular weight is 385 g/mol. The molecule has 1 aromatic heterocycles. The number of carbonyl (C=O) groups is 1. The Kier molecular flexibility index (Phi) is 4.51. The second-order valence-corrected chi connectivity index (χ2v) is 8.43. The van der Waals surface area contributed by atoms with Crippen molar-refractivity contribution in [1.29, 1.82) is 0 Å². The minimum absolute atomic E-state index is 0.0166. The molecule has 112 valence electrons. The van der Waals surface area contributed by atoms with Gasteiger partial charge >= 0.3 is 0 Å². The summed E-state index contributed by atoms with van der Waals surface area (Å²) in [5, 5.41) is 0. The Labute approximate surface area is 130 Å². The summed E-state index contributed by atoms with van der Waals surface area (Å²) in [7, 11) is 1.34. The van der Waals surface area contributed by atoms with E-state index in [9.17, 15) is 13.2 Å². The van der Waals surface area contributed by atoms with Crippen LogP contribution in [0, 0.1) is 5.92 Å². The molecule has 0 aliphatic carbocycles. The topological polar surface area (TPSA) is 67.6 Å². The summed E-state index contributed by atoms with van der Waals surface area (Å²) in [6.45, 7) is 4.70. The highest BCUT2D eigenvalue weighted by atomic mass is 79.9. The summed E-state index contributed by atoms with van der Waals surface area (Å²) in [6.07, 6.45) is 2.00. The van der Waals surface area contributed by atoms with Gasteiger partial charge in [-0.15, -0.1) is 0 Å². The molecule has 2 rings (SSSR count). The largest absolute Gasteiger partial charge is 0.443 e. The van der Waals surface area contributed by atoms with E-state index in [4.69, 9.17) is 15.1 Å². The fourth-order valence-corrected chi connectivity index (χ4v) is 4.37. The van der Waals surface area contributed by atoms with E-state index >= 15 is 0 Å². The zero-order chi connectivity index (χ0) is 15.1. The zero-order valence-corrected chi connectivity index (χ0v) is 14.3. The Bertz CT molecular complexity index is 627. The predicted molar refractivity (Wildman–Crippen MR) is 78.3 cm³/mol. The van der Waals surface area contributed by atoms with Gasteiger partial charge in [0.15, 0.2) is 10.4 Å². The second-order valence-electron chi connectivity index (χ2n) is 5.18. The van der Waals surface area contributed by atoms with E-state index in [0.29, 0.717) is 12.5 Å². The van der Waals surface area contributed by atoms with Crippen molar-refractivity contribution < 1.29 is 17.6 Å². The summed E-state index contributed by atoms with van der Waals surface area (Å²) in [5.74, 6) is 0.0955. The van der Waals surface area contributed by atoms with Crippen LogP contribution in [0.25, 0.3) is 0 Å². The summed E-state index contributed by atoms with van der Waals surface area (Å²) in [6, 6.07) is 1.28. The number of likely N-dealkylation sites (tertiary alicyclic amines) is 1. The van der Waals surface area contributed by atoms with Crippen LogP contribution in [-0.2, 0) is 9.05 Å². The van der Waals surface area contributed by atoms with Crippen molar-refractivity contribution >= 4 is 41.6 Å². The maximum atomic E-state index is 12.4. The van der Waals surface area contributed by atoms with Gasteiger partial charge in [0.25, 0.3) is 15.0 Å². The van der Waals surface area contributed by atoms with Crippen molar-refractivity contribution in [3.05, 3.63) is 16.5 Å². The van der Waals surface area contributed by atoms with E-state index in [0.717, 1.165) is 12.8 Å².